The topological polar surface area (TPSA) is 39.9 Å². The van der Waals surface area contributed by atoms with Gasteiger partial charge in [-0.15, -0.1) is 0 Å². The Hall–Kier alpha value is -2.60. The summed E-state index contributed by atoms with van der Waals surface area (Å²) in [4.78, 5) is 6.70. The van der Waals surface area contributed by atoms with Gasteiger partial charge in [0.1, 0.15) is 0 Å². The molecule has 3 rings (SSSR count). The quantitative estimate of drug-likeness (QED) is 0.619. The molecule has 19 heavy (non-hydrogen) atoms. The standard InChI is InChI=1S/C16H13N3/c1-19(2)14-6-5-13-8-12-4-3-11(10-17)7-15(12)18-16(13)9-14/h3-9H,1-2H3. The van der Waals surface area contributed by atoms with Crippen LogP contribution in [0.1, 0.15) is 5.56 Å². The molecule has 0 amide bonds. The number of aromatic nitrogens is 1. The second kappa shape index (κ2) is 4.25. The molecule has 0 unspecified atom stereocenters. The normalized spacial score (nSPS) is 10.6. The van der Waals surface area contributed by atoms with Crippen molar-refractivity contribution in [3.05, 3.63) is 48.0 Å². The zero-order valence-electron chi connectivity index (χ0n) is 10.9. The van der Waals surface area contributed by atoms with Gasteiger partial charge in [-0.1, -0.05) is 12.1 Å². The number of hydrogen-bond acceptors (Lipinski definition) is 3. The minimum absolute atomic E-state index is 0.642. The molecule has 0 saturated heterocycles. The molecule has 0 fully saturated rings. The molecule has 0 saturated carbocycles. The first-order chi connectivity index (χ1) is 9.17. The number of nitriles is 1. The summed E-state index contributed by atoms with van der Waals surface area (Å²) < 4.78 is 0. The summed E-state index contributed by atoms with van der Waals surface area (Å²) in [6, 6.07) is 16.1. The summed E-state index contributed by atoms with van der Waals surface area (Å²) in [6.45, 7) is 0. The molecule has 0 N–H and O–H groups in total. The Bertz CT molecular complexity index is 813. The van der Waals surface area contributed by atoms with E-state index < -0.39 is 0 Å². The van der Waals surface area contributed by atoms with Gasteiger partial charge in [0.15, 0.2) is 0 Å². The minimum atomic E-state index is 0.642. The van der Waals surface area contributed by atoms with Gasteiger partial charge >= 0.3 is 0 Å². The molecule has 2 aromatic carbocycles. The number of hydrogen-bond donors (Lipinski definition) is 0. The van der Waals surface area contributed by atoms with Crippen molar-refractivity contribution in [1.29, 1.82) is 5.26 Å². The number of anilines is 1. The maximum absolute atomic E-state index is 8.94. The Morgan fingerprint density at radius 1 is 0.947 bits per heavy atom. The highest BCUT2D eigenvalue weighted by Crippen LogP contribution is 2.24. The number of pyridine rings is 1. The van der Waals surface area contributed by atoms with Crippen LogP contribution >= 0.6 is 0 Å². The summed E-state index contributed by atoms with van der Waals surface area (Å²) in [5.41, 5.74) is 3.58. The Morgan fingerprint density at radius 2 is 1.63 bits per heavy atom. The highest BCUT2D eigenvalue weighted by Gasteiger charge is 2.03. The predicted molar refractivity (Wildman–Crippen MR) is 78.3 cm³/mol. The Balaban J connectivity index is 2.30. The first kappa shape index (κ1) is 11.5. The maximum Gasteiger partial charge on any atom is 0.0992 e. The van der Waals surface area contributed by atoms with Crippen LogP contribution in [-0.2, 0) is 0 Å². The van der Waals surface area contributed by atoms with Gasteiger partial charge in [-0.3, -0.25) is 0 Å². The van der Waals surface area contributed by atoms with Gasteiger partial charge in [0, 0.05) is 30.6 Å². The first-order valence-electron chi connectivity index (χ1n) is 6.09. The average Bonchev–Trinajstić information content (AvgIpc) is 2.43. The minimum Gasteiger partial charge on any atom is -0.378 e. The molecular formula is C16H13N3. The zero-order chi connectivity index (χ0) is 13.4. The maximum atomic E-state index is 8.94. The van der Waals surface area contributed by atoms with E-state index in [4.69, 9.17) is 5.26 Å². The van der Waals surface area contributed by atoms with Crippen LogP contribution in [0.25, 0.3) is 21.8 Å². The van der Waals surface area contributed by atoms with E-state index in [1.165, 1.54) is 0 Å². The molecule has 3 heteroatoms. The monoisotopic (exact) mass is 247 g/mol. The molecular weight excluding hydrogens is 234 g/mol. The highest BCUT2D eigenvalue weighted by molar-refractivity contribution is 5.94. The van der Waals surface area contributed by atoms with Crippen LogP contribution in [-0.4, -0.2) is 19.1 Å². The lowest BCUT2D eigenvalue weighted by atomic mass is 10.1. The molecule has 0 aliphatic rings. The van der Waals surface area contributed by atoms with Crippen molar-refractivity contribution in [3.63, 3.8) is 0 Å². The molecule has 0 aliphatic heterocycles. The molecule has 0 radical (unpaired) electrons. The van der Waals surface area contributed by atoms with Crippen molar-refractivity contribution >= 4 is 27.5 Å². The van der Waals surface area contributed by atoms with E-state index in [0.717, 1.165) is 27.5 Å². The molecule has 3 aromatic rings. The van der Waals surface area contributed by atoms with Crippen molar-refractivity contribution in [2.24, 2.45) is 0 Å². The van der Waals surface area contributed by atoms with E-state index in [0.29, 0.717) is 5.56 Å². The molecule has 0 aliphatic carbocycles. The highest BCUT2D eigenvalue weighted by atomic mass is 15.1. The van der Waals surface area contributed by atoms with Crippen LogP contribution in [0.4, 0.5) is 5.69 Å². The Kier molecular flexibility index (Phi) is 2.57. The van der Waals surface area contributed by atoms with Gasteiger partial charge in [-0.05, 0) is 30.3 Å². The largest absolute Gasteiger partial charge is 0.378 e. The van der Waals surface area contributed by atoms with Crippen molar-refractivity contribution in [3.8, 4) is 6.07 Å². The number of nitrogens with zero attached hydrogens (tertiary/aromatic N) is 3. The van der Waals surface area contributed by atoms with Crippen molar-refractivity contribution in [2.75, 3.05) is 19.0 Å². The first-order valence-corrected chi connectivity index (χ1v) is 6.09. The summed E-state index contributed by atoms with van der Waals surface area (Å²) >= 11 is 0. The lowest BCUT2D eigenvalue weighted by Crippen LogP contribution is -2.08. The molecule has 0 spiro atoms. The van der Waals surface area contributed by atoms with Crippen molar-refractivity contribution < 1.29 is 0 Å². The van der Waals surface area contributed by atoms with E-state index in [9.17, 15) is 0 Å². The summed E-state index contributed by atoms with van der Waals surface area (Å²) in [5.74, 6) is 0. The van der Waals surface area contributed by atoms with Gasteiger partial charge in [-0.2, -0.15) is 5.26 Å². The van der Waals surface area contributed by atoms with Crippen LogP contribution < -0.4 is 4.90 Å². The predicted octanol–water partition coefficient (Wildman–Crippen LogP) is 3.33. The SMILES string of the molecule is CN(C)c1ccc2cc3ccc(C#N)cc3nc2c1. The third-order valence-electron chi connectivity index (χ3n) is 3.24. The Morgan fingerprint density at radius 3 is 2.32 bits per heavy atom. The smallest absolute Gasteiger partial charge is 0.0992 e. The lowest BCUT2D eigenvalue weighted by Gasteiger charge is -2.13. The van der Waals surface area contributed by atoms with Crippen LogP contribution in [0.15, 0.2) is 42.5 Å². The van der Waals surface area contributed by atoms with Crippen molar-refractivity contribution in [2.45, 2.75) is 0 Å². The molecule has 0 atom stereocenters. The van der Waals surface area contributed by atoms with Gasteiger partial charge in [0.05, 0.1) is 22.7 Å². The van der Waals surface area contributed by atoms with Crippen LogP contribution in [0.3, 0.4) is 0 Å². The summed E-state index contributed by atoms with van der Waals surface area (Å²) in [6.07, 6.45) is 0. The summed E-state index contributed by atoms with van der Waals surface area (Å²) in [7, 11) is 4.02. The van der Waals surface area contributed by atoms with Gasteiger partial charge in [-0.25, -0.2) is 4.98 Å². The van der Waals surface area contributed by atoms with E-state index in [2.05, 4.69) is 40.2 Å². The molecule has 1 heterocycles. The average molecular weight is 247 g/mol. The van der Waals surface area contributed by atoms with Gasteiger partial charge in [0.25, 0.3) is 0 Å². The van der Waals surface area contributed by atoms with E-state index in [1.54, 1.807) is 0 Å². The molecule has 0 bridgehead atoms. The number of fused-ring (bicyclic) bond motifs is 2. The fourth-order valence-electron chi connectivity index (χ4n) is 2.16. The second-order valence-corrected chi connectivity index (χ2v) is 4.78. The van der Waals surface area contributed by atoms with E-state index in [-0.39, 0.29) is 0 Å². The number of rotatable bonds is 1. The van der Waals surface area contributed by atoms with Crippen LogP contribution in [0, 0.1) is 11.3 Å². The second-order valence-electron chi connectivity index (χ2n) is 4.78. The van der Waals surface area contributed by atoms with Gasteiger partial charge < -0.3 is 4.90 Å². The van der Waals surface area contributed by atoms with Crippen LogP contribution in [0.5, 0.6) is 0 Å². The fourth-order valence-corrected chi connectivity index (χ4v) is 2.16. The van der Waals surface area contributed by atoms with E-state index >= 15 is 0 Å². The fraction of sp³-hybridized carbons (Fsp3) is 0.125. The Labute approximate surface area is 111 Å². The summed E-state index contributed by atoms with van der Waals surface area (Å²) in [5, 5.41) is 11.1. The van der Waals surface area contributed by atoms with Gasteiger partial charge in [0.2, 0.25) is 0 Å². The van der Waals surface area contributed by atoms with Crippen LogP contribution in [0.2, 0.25) is 0 Å². The third-order valence-corrected chi connectivity index (χ3v) is 3.24. The molecule has 1 aromatic heterocycles. The molecule has 3 nitrogen and oxygen atoms in total. The lowest BCUT2D eigenvalue weighted by molar-refractivity contribution is 1.13. The molecule has 92 valence electrons. The van der Waals surface area contributed by atoms with E-state index in [1.807, 2.05) is 32.3 Å². The number of benzene rings is 2. The third kappa shape index (κ3) is 1.98. The van der Waals surface area contributed by atoms with Crippen molar-refractivity contribution in [1.82, 2.24) is 4.98 Å². The zero-order valence-corrected chi connectivity index (χ0v) is 10.9.